The van der Waals surface area contributed by atoms with Crippen molar-refractivity contribution >= 4 is 12.0 Å². The summed E-state index contributed by atoms with van der Waals surface area (Å²) in [5.74, 6) is -1.31. The van der Waals surface area contributed by atoms with E-state index in [0.717, 1.165) is 28.9 Å². The monoisotopic (exact) mass is 463 g/mol. The first-order valence-corrected chi connectivity index (χ1v) is 11.5. The van der Waals surface area contributed by atoms with Gasteiger partial charge in [0.05, 0.1) is 23.2 Å². The molecule has 2 aliphatic carbocycles. The van der Waals surface area contributed by atoms with Crippen LogP contribution in [0.25, 0.3) is 11.8 Å². The molecule has 0 radical (unpaired) electrons. The van der Waals surface area contributed by atoms with Crippen molar-refractivity contribution in [3.05, 3.63) is 88.5 Å². The van der Waals surface area contributed by atoms with E-state index < -0.39 is 23.1 Å². The zero-order valence-corrected chi connectivity index (χ0v) is 19.0. The van der Waals surface area contributed by atoms with Gasteiger partial charge in [0.25, 0.3) is 5.91 Å². The number of aryl methyl sites for hydroxylation is 1. The standard InChI is InChI=1S/C27H27F2N3O2/c1-26-15-18-16-31-32(21-8-6-20(28)7-9-21)23(18)14-19(26)11-13-27(26,34)12-10-17-4-2-3-5-22(17)24(29)25(30)33/h2-9,14,16,24,34H,10-13,15H2,1H3,(H2,30,33)/t24?,26-,27-/m0/s1. The van der Waals surface area contributed by atoms with E-state index in [2.05, 4.69) is 18.1 Å². The quantitative estimate of drug-likeness (QED) is 0.560. The molecule has 3 N–H and O–H groups in total. The summed E-state index contributed by atoms with van der Waals surface area (Å²) in [6.07, 6.45) is 4.89. The summed E-state index contributed by atoms with van der Waals surface area (Å²) >= 11 is 0. The van der Waals surface area contributed by atoms with Crippen LogP contribution >= 0.6 is 0 Å². The van der Waals surface area contributed by atoms with Crippen LogP contribution in [0.4, 0.5) is 8.78 Å². The van der Waals surface area contributed by atoms with Crippen molar-refractivity contribution in [2.24, 2.45) is 11.1 Å². The molecule has 1 aromatic heterocycles. The second-order valence-electron chi connectivity index (χ2n) is 9.62. The molecule has 2 aromatic carbocycles. The Hall–Kier alpha value is -3.32. The Morgan fingerprint density at radius 2 is 1.97 bits per heavy atom. The topological polar surface area (TPSA) is 81.1 Å². The van der Waals surface area contributed by atoms with E-state index in [-0.39, 0.29) is 11.4 Å². The maximum absolute atomic E-state index is 14.4. The Morgan fingerprint density at radius 1 is 1.24 bits per heavy atom. The van der Waals surface area contributed by atoms with Crippen LogP contribution in [0.5, 0.6) is 0 Å². The molecule has 2 aliphatic rings. The normalized spacial score (nSPS) is 24.3. The van der Waals surface area contributed by atoms with Gasteiger partial charge in [0.1, 0.15) is 5.82 Å². The van der Waals surface area contributed by atoms with Gasteiger partial charge in [-0.15, -0.1) is 0 Å². The molecule has 1 heterocycles. The molecule has 1 saturated carbocycles. The number of alkyl halides is 1. The van der Waals surface area contributed by atoms with Crippen LogP contribution < -0.4 is 5.73 Å². The third-order valence-corrected chi connectivity index (χ3v) is 7.74. The molecule has 5 nitrogen and oxygen atoms in total. The van der Waals surface area contributed by atoms with Gasteiger partial charge in [-0.1, -0.05) is 36.8 Å². The number of benzene rings is 2. The number of aromatic nitrogens is 2. The number of aliphatic hydroxyl groups is 1. The number of nitrogens with two attached hydrogens (primary N) is 1. The summed E-state index contributed by atoms with van der Waals surface area (Å²) in [5, 5.41) is 16.4. The summed E-state index contributed by atoms with van der Waals surface area (Å²) < 4.78 is 29.6. The maximum atomic E-state index is 14.4. The molecule has 3 atom stereocenters. The van der Waals surface area contributed by atoms with Crippen LogP contribution in [0.1, 0.15) is 54.7 Å². The van der Waals surface area contributed by atoms with Gasteiger partial charge in [0.15, 0.2) is 0 Å². The molecule has 0 saturated heterocycles. The summed E-state index contributed by atoms with van der Waals surface area (Å²) in [4.78, 5) is 11.4. The lowest BCUT2D eigenvalue weighted by molar-refractivity contribution is -0.122. The van der Waals surface area contributed by atoms with Crippen molar-refractivity contribution in [1.29, 1.82) is 0 Å². The molecule has 1 amide bonds. The van der Waals surface area contributed by atoms with Crippen LogP contribution in [-0.4, -0.2) is 26.4 Å². The number of nitrogens with zero attached hydrogens (tertiary/aromatic N) is 2. The Morgan fingerprint density at radius 3 is 2.71 bits per heavy atom. The predicted molar refractivity (Wildman–Crippen MR) is 125 cm³/mol. The summed E-state index contributed by atoms with van der Waals surface area (Å²) in [6, 6.07) is 13.1. The molecule has 7 heteroatoms. The third-order valence-electron chi connectivity index (χ3n) is 7.74. The smallest absolute Gasteiger partial charge is 0.256 e. The van der Waals surface area contributed by atoms with E-state index in [4.69, 9.17) is 5.73 Å². The van der Waals surface area contributed by atoms with Crippen molar-refractivity contribution < 1.29 is 18.7 Å². The number of amides is 1. The summed E-state index contributed by atoms with van der Waals surface area (Å²) in [5.41, 5.74) is 8.58. The van der Waals surface area contributed by atoms with E-state index in [0.29, 0.717) is 31.2 Å². The Bertz CT molecular complexity index is 1280. The lowest BCUT2D eigenvalue weighted by Crippen LogP contribution is -2.45. The minimum Gasteiger partial charge on any atom is -0.389 e. The number of fused-ring (bicyclic) bond motifs is 2. The third kappa shape index (κ3) is 3.55. The molecule has 1 unspecified atom stereocenters. The largest absolute Gasteiger partial charge is 0.389 e. The molecule has 0 bridgehead atoms. The average Bonchev–Trinajstić information content (AvgIpc) is 3.34. The second kappa shape index (κ2) is 8.17. The number of primary amides is 1. The Labute approximate surface area is 196 Å². The molecule has 0 spiro atoms. The molecular formula is C27H27F2N3O2. The fourth-order valence-electron chi connectivity index (χ4n) is 5.62. The number of hydrogen-bond acceptors (Lipinski definition) is 3. The first-order valence-electron chi connectivity index (χ1n) is 11.5. The van der Waals surface area contributed by atoms with Crippen molar-refractivity contribution in [2.45, 2.75) is 50.8 Å². The van der Waals surface area contributed by atoms with Gasteiger partial charge in [0.2, 0.25) is 6.17 Å². The van der Waals surface area contributed by atoms with Gasteiger partial charge in [-0.25, -0.2) is 13.5 Å². The molecule has 1 fully saturated rings. The number of hydrogen-bond donors (Lipinski definition) is 2. The predicted octanol–water partition coefficient (Wildman–Crippen LogP) is 4.61. The summed E-state index contributed by atoms with van der Waals surface area (Å²) in [7, 11) is 0. The number of carbonyl (C=O) groups is 1. The van der Waals surface area contributed by atoms with Crippen molar-refractivity contribution in [1.82, 2.24) is 9.78 Å². The molecule has 176 valence electrons. The SMILES string of the molecule is C[C@]12Cc3cnn(-c4ccc(F)cc4)c3C=C1CC[C@@]2(O)CCc1ccccc1C(F)C(N)=O. The fourth-order valence-corrected chi connectivity index (χ4v) is 5.62. The highest BCUT2D eigenvalue weighted by molar-refractivity contribution is 5.80. The zero-order valence-electron chi connectivity index (χ0n) is 19.0. The van der Waals surface area contributed by atoms with Crippen molar-refractivity contribution in [2.75, 3.05) is 0 Å². The van der Waals surface area contributed by atoms with Crippen LogP contribution in [0, 0.1) is 11.2 Å². The van der Waals surface area contributed by atoms with Crippen LogP contribution in [0.2, 0.25) is 0 Å². The number of halogens is 2. The van der Waals surface area contributed by atoms with Gasteiger partial charge in [0, 0.05) is 5.41 Å². The van der Waals surface area contributed by atoms with Gasteiger partial charge >= 0.3 is 0 Å². The first-order chi connectivity index (χ1) is 16.2. The minimum absolute atomic E-state index is 0.268. The fraction of sp³-hybridized carbons (Fsp3) is 0.333. The molecule has 3 aromatic rings. The second-order valence-corrected chi connectivity index (χ2v) is 9.62. The van der Waals surface area contributed by atoms with E-state index >= 15 is 0 Å². The average molecular weight is 464 g/mol. The maximum Gasteiger partial charge on any atom is 0.256 e. The zero-order chi connectivity index (χ0) is 24.1. The lowest BCUT2D eigenvalue weighted by Gasteiger charge is -2.42. The molecule has 34 heavy (non-hydrogen) atoms. The van der Waals surface area contributed by atoms with Crippen LogP contribution in [0.15, 0.2) is 60.3 Å². The van der Waals surface area contributed by atoms with Crippen LogP contribution in [0.3, 0.4) is 0 Å². The van der Waals surface area contributed by atoms with Crippen molar-refractivity contribution in [3.63, 3.8) is 0 Å². The Kier molecular flexibility index (Phi) is 5.40. The van der Waals surface area contributed by atoms with Crippen molar-refractivity contribution in [3.8, 4) is 5.69 Å². The van der Waals surface area contributed by atoms with Crippen LogP contribution in [-0.2, 0) is 17.6 Å². The van der Waals surface area contributed by atoms with Gasteiger partial charge in [-0.3, -0.25) is 4.79 Å². The summed E-state index contributed by atoms with van der Waals surface area (Å²) in [6.45, 7) is 2.08. The highest BCUT2D eigenvalue weighted by atomic mass is 19.1. The minimum atomic E-state index is -1.87. The van der Waals surface area contributed by atoms with Gasteiger partial charge < -0.3 is 10.8 Å². The van der Waals surface area contributed by atoms with E-state index in [1.54, 1.807) is 41.1 Å². The number of carbonyl (C=O) groups excluding carboxylic acids is 1. The number of rotatable bonds is 6. The molecular weight excluding hydrogens is 436 g/mol. The lowest BCUT2D eigenvalue weighted by atomic mass is 9.65. The van der Waals surface area contributed by atoms with Gasteiger partial charge in [-0.2, -0.15) is 5.10 Å². The Balaban J connectivity index is 1.42. The molecule has 5 rings (SSSR count). The first kappa shape index (κ1) is 22.5. The van der Waals surface area contributed by atoms with E-state index in [1.165, 1.54) is 12.1 Å². The molecule has 0 aliphatic heterocycles. The van der Waals surface area contributed by atoms with E-state index in [1.807, 2.05) is 6.20 Å². The van der Waals surface area contributed by atoms with E-state index in [9.17, 15) is 18.7 Å². The van der Waals surface area contributed by atoms with Gasteiger partial charge in [-0.05, 0) is 79.1 Å². The highest BCUT2D eigenvalue weighted by Crippen LogP contribution is 2.57. The highest BCUT2D eigenvalue weighted by Gasteiger charge is 2.54.